The van der Waals surface area contributed by atoms with Crippen molar-refractivity contribution in [3.63, 3.8) is 0 Å². The van der Waals surface area contributed by atoms with Gasteiger partial charge in [0.1, 0.15) is 11.5 Å². The van der Waals surface area contributed by atoms with E-state index in [0.717, 1.165) is 51.0 Å². The maximum Gasteiger partial charge on any atom is 0.121 e. The number of hydrogen-bond donors (Lipinski definition) is 1. The highest BCUT2D eigenvalue weighted by Gasteiger charge is 2.15. The topological polar surface area (TPSA) is 35.9 Å². The third-order valence-electron chi connectivity index (χ3n) is 7.09. The molecule has 0 unspecified atom stereocenters. The fourth-order valence-corrected chi connectivity index (χ4v) is 5.17. The van der Waals surface area contributed by atoms with E-state index in [1.807, 2.05) is 55.5 Å². The Hall–Kier alpha value is -5.48. The average Bonchev–Trinajstić information content (AvgIpc) is 3.04. The molecule has 0 heterocycles. The minimum atomic E-state index is 0.235. The summed E-state index contributed by atoms with van der Waals surface area (Å²) in [5, 5.41) is 10.2. The maximum atomic E-state index is 10.2. The minimum Gasteiger partial charge on any atom is -0.508 e. The highest BCUT2D eigenvalue weighted by Crippen LogP contribution is 2.39. The molecule has 0 amide bonds. The van der Waals surface area contributed by atoms with E-state index in [-0.39, 0.29) is 5.75 Å². The Morgan fingerprint density at radius 3 is 1.36 bits per heavy atom. The fraction of sp³-hybridized carbons (Fsp3) is 0.0526. The summed E-state index contributed by atoms with van der Waals surface area (Å²) < 4.78 is 5.79. The third-order valence-corrected chi connectivity index (χ3v) is 7.09. The molecule has 6 rings (SSSR count). The SMILES string of the molecule is CCOc1cccc(N(c2ccccc2)c2ccc(-c3ccc(N(c4ccccc4)c4cccc(O)c4)cc3)cc2)c1. The molecule has 0 aliphatic heterocycles. The van der Waals surface area contributed by atoms with E-state index in [1.54, 1.807) is 12.1 Å². The number of hydrogen-bond acceptors (Lipinski definition) is 4. The van der Waals surface area contributed by atoms with Crippen molar-refractivity contribution >= 4 is 34.1 Å². The zero-order valence-electron chi connectivity index (χ0n) is 23.5. The average molecular weight is 549 g/mol. The Kier molecular flexibility index (Phi) is 7.87. The van der Waals surface area contributed by atoms with Crippen LogP contribution in [0.4, 0.5) is 34.1 Å². The van der Waals surface area contributed by atoms with Gasteiger partial charge in [0.05, 0.1) is 6.61 Å². The van der Waals surface area contributed by atoms with Crippen molar-refractivity contribution < 1.29 is 9.84 Å². The molecule has 6 aromatic rings. The Morgan fingerprint density at radius 1 is 0.452 bits per heavy atom. The van der Waals surface area contributed by atoms with Crippen molar-refractivity contribution in [2.24, 2.45) is 0 Å². The van der Waals surface area contributed by atoms with Crippen LogP contribution in [0.25, 0.3) is 11.1 Å². The van der Waals surface area contributed by atoms with Crippen LogP contribution in [0.2, 0.25) is 0 Å². The summed E-state index contributed by atoms with van der Waals surface area (Å²) in [4.78, 5) is 4.38. The monoisotopic (exact) mass is 548 g/mol. The summed E-state index contributed by atoms with van der Waals surface area (Å²) >= 11 is 0. The molecule has 42 heavy (non-hydrogen) atoms. The second-order valence-corrected chi connectivity index (χ2v) is 9.89. The van der Waals surface area contributed by atoms with Gasteiger partial charge in [0, 0.05) is 46.3 Å². The molecule has 0 aromatic heterocycles. The van der Waals surface area contributed by atoms with Crippen molar-refractivity contribution in [2.45, 2.75) is 6.92 Å². The number of benzene rings is 6. The third kappa shape index (κ3) is 5.84. The molecular formula is C38H32N2O2. The van der Waals surface area contributed by atoms with Crippen LogP contribution in [0.1, 0.15) is 6.92 Å². The van der Waals surface area contributed by atoms with Crippen LogP contribution in [0, 0.1) is 0 Å². The van der Waals surface area contributed by atoms with E-state index in [2.05, 4.69) is 107 Å². The number of aromatic hydroxyl groups is 1. The first-order valence-corrected chi connectivity index (χ1v) is 14.1. The predicted molar refractivity (Wildman–Crippen MR) is 174 cm³/mol. The molecule has 6 aromatic carbocycles. The van der Waals surface area contributed by atoms with Crippen LogP contribution in [0.15, 0.2) is 158 Å². The van der Waals surface area contributed by atoms with Crippen LogP contribution in [-0.2, 0) is 0 Å². The summed E-state index contributed by atoms with van der Waals surface area (Å²) in [5.41, 5.74) is 8.37. The first kappa shape index (κ1) is 26.7. The second kappa shape index (κ2) is 12.4. The van der Waals surface area contributed by atoms with E-state index in [0.29, 0.717) is 6.61 Å². The van der Waals surface area contributed by atoms with Crippen molar-refractivity contribution in [3.05, 3.63) is 158 Å². The first-order valence-electron chi connectivity index (χ1n) is 14.1. The highest BCUT2D eigenvalue weighted by molar-refractivity contribution is 5.81. The number of phenols is 1. The van der Waals surface area contributed by atoms with E-state index < -0.39 is 0 Å². The van der Waals surface area contributed by atoms with Crippen LogP contribution in [-0.4, -0.2) is 11.7 Å². The zero-order chi connectivity index (χ0) is 28.7. The Balaban J connectivity index is 1.31. The van der Waals surface area contributed by atoms with E-state index in [9.17, 15) is 5.11 Å². The lowest BCUT2D eigenvalue weighted by Gasteiger charge is -2.26. The normalized spacial score (nSPS) is 10.7. The number of rotatable bonds is 9. The van der Waals surface area contributed by atoms with Gasteiger partial charge in [0.25, 0.3) is 0 Å². The standard InChI is InChI=1S/C38H32N2O2/c1-2-42-38-18-10-16-36(28-38)40(32-13-7-4-8-14-32)34-25-21-30(22-26-34)29-19-23-33(24-20-29)39(31-11-5-3-6-12-31)35-15-9-17-37(41)27-35/h3-28,41H,2H2,1H3. The minimum absolute atomic E-state index is 0.235. The molecule has 0 atom stereocenters. The Labute approximate surface area is 247 Å². The maximum absolute atomic E-state index is 10.2. The molecule has 0 bridgehead atoms. The lowest BCUT2D eigenvalue weighted by molar-refractivity contribution is 0.340. The smallest absolute Gasteiger partial charge is 0.121 e. The van der Waals surface area contributed by atoms with E-state index in [4.69, 9.17) is 4.74 Å². The lowest BCUT2D eigenvalue weighted by atomic mass is 10.0. The Morgan fingerprint density at radius 2 is 0.881 bits per heavy atom. The molecule has 0 radical (unpaired) electrons. The molecule has 4 heteroatoms. The summed E-state index contributed by atoms with van der Waals surface area (Å²) in [7, 11) is 0. The predicted octanol–water partition coefficient (Wildman–Crippen LogP) is 10.4. The van der Waals surface area contributed by atoms with Gasteiger partial charge in [-0.3, -0.25) is 0 Å². The zero-order valence-corrected chi connectivity index (χ0v) is 23.5. The summed E-state index contributed by atoms with van der Waals surface area (Å²) in [6.45, 7) is 2.62. The Bertz CT molecular complexity index is 1740. The molecule has 0 aliphatic rings. The summed E-state index contributed by atoms with van der Waals surface area (Å²) in [6.07, 6.45) is 0. The lowest BCUT2D eigenvalue weighted by Crippen LogP contribution is -2.10. The summed E-state index contributed by atoms with van der Waals surface area (Å²) in [5.74, 6) is 1.09. The molecule has 0 aliphatic carbocycles. The van der Waals surface area contributed by atoms with Crippen LogP contribution >= 0.6 is 0 Å². The molecular weight excluding hydrogens is 516 g/mol. The van der Waals surface area contributed by atoms with Gasteiger partial charge in [0.15, 0.2) is 0 Å². The van der Waals surface area contributed by atoms with Crippen LogP contribution in [0.5, 0.6) is 11.5 Å². The number of para-hydroxylation sites is 2. The molecule has 1 N–H and O–H groups in total. The second-order valence-electron chi connectivity index (χ2n) is 9.89. The quantitative estimate of drug-likeness (QED) is 0.195. The van der Waals surface area contributed by atoms with Gasteiger partial charge in [0.2, 0.25) is 0 Å². The number of nitrogens with zero attached hydrogens (tertiary/aromatic N) is 2. The van der Waals surface area contributed by atoms with Crippen molar-refractivity contribution in [1.29, 1.82) is 0 Å². The van der Waals surface area contributed by atoms with Gasteiger partial charge in [-0.25, -0.2) is 0 Å². The van der Waals surface area contributed by atoms with Crippen molar-refractivity contribution in [2.75, 3.05) is 16.4 Å². The van der Waals surface area contributed by atoms with E-state index in [1.165, 1.54) is 0 Å². The molecule has 0 saturated carbocycles. The molecule has 4 nitrogen and oxygen atoms in total. The first-order chi connectivity index (χ1) is 20.7. The summed E-state index contributed by atoms with van der Waals surface area (Å²) in [6, 6.07) is 53.3. The van der Waals surface area contributed by atoms with Gasteiger partial charge in [-0.15, -0.1) is 0 Å². The molecule has 0 fully saturated rings. The number of ether oxygens (including phenoxy) is 1. The fourth-order valence-electron chi connectivity index (χ4n) is 5.17. The molecule has 206 valence electrons. The van der Waals surface area contributed by atoms with Gasteiger partial charge in [-0.05, 0) is 90.8 Å². The van der Waals surface area contributed by atoms with Crippen LogP contribution < -0.4 is 14.5 Å². The largest absolute Gasteiger partial charge is 0.508 e. The van der Waals surface area contributed by atoms with Crippen molar-refractivity contribution in [3.8, 4) is 22.6 Å². The molecule has 0 saturated heterocycles. The van der Waals surface area contributed by atoms with Crippen molar-refractivity contribution in [1.82, 2.24) is 0 Å². The van der Waals surface area contributed by atoms with Gasteiger partial charge < -0.3 is 19.6 Å². The van der Waals surface area contributed by atoms with Gasteiger partial charge >= 0.3 is 0 Å². The van der Waals surface area contributed by atoms with Crippen LogP contribution in [0.3, 0.4) is 0 Å². The molecule has 0 spiro atoms. The number of phenolic OH excluding ortho intramolecular Hbond substituents is 1. The highest BCUT2D eigenvalue weighted by atomic mass is 16.5. The van der Waals surface area contributed by atoms with Gasteiger partial charge in [-0.1, -0.05) is 72.8 Å². The van der Waals surface area contributed by atoms with E-state index >= 15 is 0 Å². The van der Waals surface area contributed by atoms with Gasteiger partial charge in [-0.2, -0.15) is 0 Å². The number of anilines is 6.